The first-order valence-corrected chi connectivity index (χ1v) is 11.7. The number of nitrogens with one attached hydrogen (secondary N) is 1. The van der Waals surface area contributed by atoms with Crippen molar-refractivity contribution >= 4 is 12.4 Å². The predicted octanol–water partition coefficient (Wildman–Crippen LogP) is 8.25. The lowest BCUT2D eigenvalue weighted by atomic mass is 9.92. The van der Waals surface area contributed by atoms with Crippen LogP contribution < -0.4 is 5.32 Å². The lowest BCUT2D eigenvalue weighted by molar-refractivity contribution is -0.125. The van der Waals surface area contributed by atoms with Gasteiger partial charge in [-0.05, 0) is 69.9 Å². The summed E-state index contributed by atoms with van der Waals surface area (Å²) in [6.07, 6.45) is -3.19. The number of aliphatic imine (C=N–C) groups is 1. The van der Waals surface area contributed by atoms with E-state index in [2.05, 4.69) is 48.9 Å². The standard InChI is InChI=1S/C28H38F5N3/c1-10-36(9)21(6)19(4)26(18(2)3)20(5)35-25-14-13-23(27(7,29)30)16-24(25)22(17-34-8)12-11-15-28(31,32)33/h11-14,16,21-22,35H,2,5,8,10,15,17H2,1,3-4,6-7,9H3/b12-11-,26-19+. The number of alkyl halides is 5. The second-order valence-corrected chi connectivity index (χ2v) is 9.14. The number of hydrogen-bond donors (Lipinski definition) is 1. The first-order valence-electron chi connectivity index (χ1n) is 11.7. The summed E-state index contributed by atoms with van der Waals surface area (Å²) >= 11 is 0. The summed E-state index contributed by atoms with van der Waals surface area (Å²) in [7, 11) is 2.00. The van der Waals surface area contributed by atoms with Crippen molar-refractivity contribution in [3.05, 3.63) is 77.1 Å². The zero-order valence-electron chi connectivity index (χ0n) is 22.1. The third-order valence-corrected chi connectivity index (χ3v) is 6.20. The van der Waals surface area contributed by atoms with Crippen molar-refractivity contribution in [2.45, 2.75) is 65.1 Å². The van der Waals surface area contributed by atoms with Crippen molar-refractivity contribution in [2.24, 2.45) is 4.99 Å². The van der Waals surface area contributed by atoms with Gasteiger partial charge < -0.3 is 10.2 Å². The molecule has 0 fully saturated rings. The second-order valence-electron chi connectivity index (χ2n) is 9.14. The minimum atomic E-state index is -4.38. The molecule has 0 radical (unpaired) electrons. The molecule has 0 saturated heterocycles. The van der Waals surface area contributed by atoms with Crippen LogP contribution in [0.4, 0.5) is 27.6 Å². The van der Waals surface area contributed by atoms with Crippen molar-refractivity contribution in [3.63, 3.8) is 0 Å². The summed E-state index contributed by atoms with van der Waals surface area (Å²) in [5.74, 6) is -3.84. The van der Waals surface area contributed by atoms with Crippen molar-refractivity contribution in [3.8, 4) is 0 Å². The molecule has 0 aromatic heterocycles. The third kappa shape index (κ3) is 9.04. The van der Waals surface area contributed by atoms with Gasteiger partial charge in [-0.15, -0.1) is 0 Å². The van der Waals surface area contributed by atoms with Crippen LogP contribution in [0.5, 0.6) is 0 Å². The highest BCUT2D eigenvalue weighted by Crippen LogP contribution is 2.36. The minimum Gasteiger partial charge on any atom is -0.355 e. The van der Waals surface area contributed by atoms with E-state index < -0.39 is 24.4 Å². The molecule has 2 atom stereocenters. The molecule has 2 unspecified atom stereocenters. The lowest BCUT2D eigenvalue weighted by Gasteiger charge is -2.28. The van der Waals surface area contributed by atoms with Crippen LogP contribution in [0, 0.1) is 0 Å². The molecule has 200 valence electrons. The first-order chi connectivity index (χ1) is 16.5. The SMILES string of the molecule is C=NCC(/C=C\CC(F)(F)F)c1cc(C(C)(F)F)ccc1NC(=C)/C(C(=C)C)=C(\C)C(C)N(C)CC. The van der Waals surface area contributed by atoms with Gasteiger partial charge in [-0.2, -0.15) is 13.2 Å². The Morgan fingerprint density at radius 2 is 1.78 bits per heavy atom. The molecule has 0 bridgehead atoms. The van der Waals surface area contributed by atoms with Gasteiger partial charge in [0.15, 0.2) is 0 Å². The summed E-state index contributed by atoms with van der Waals surface area (Å²) in [4.78, 5) is 5.99. The number of nitrogens with zero attached hydrogens (tertiary/aromatic N) is 2. The topological polar surface area (TPSA) is 27.6 Å². The number of likely N-dealkylation sites (N-methyl/N-ethyl adjacent to an activating group) is 1. The van der Waals surface area contributed by atoms with Gasteiger partial charge >= 0.3 is 6.18 Å². The van der Waals surface area contributed by atoms with Crippen LogP contribution in [-0.4, -0.2) is 44.0 Å². The maximum absolute atomic E-state index is 14.2. The molecule has 3 nitrogen and oxygen atoms in total. The molecule has 0 aliphatic heterocycles. The van der Waals surface area contributed by atoms with E-state index in [4.69, 9.17) is 0 Å². The molecule has 1 aromatic rings. The third-order valence-electron chi connectivity index (χ3n) is 6.20. The van der Waals surface area contributed by atoms with Crippen LogP contribution in [0.15, 0.2) is 70.9 Å². The van der Waals surface area contributed by atoms with Crippen molar-refractivity contribution < 1.29 is 22.0 Å². The zero-order valence-corrected chi connectivity index (χ0v) is 22.1. The lowest BCUT2D eigenvalue weighted by Crippen LogP contribution is -2.30. The molecule has 0 aliphatic rings. The molecule has 1 aromatic carbocycles. The Morgan fingerprint density at radius 3 is 2.25 bits per heavy atom. The summed E-state index contributed by atoms with van der Waals surface area (Å²) in [5, 5.41) is 3.21. The minimum absolute atomic E-state index is 0.0226. The molecule has 0 heterocycles. The van der Waals surface area contributed by atoms with Crippen molar-refractivity contribution in [2.75, 3.05) is 25.5 Å². The van der Waals surface area contributed by atoms with Crippen LogP contribution >= 0.6 is 0 Å². The normalized spacial score (nSPS) is 15.0. The van der Waals surface area contributed by atoms with E-state index in [0.29, 0.717) is 16.9 Å². The first kappa shape index (κ1) is 31.3. The van der Waals surface area contributed by atoms with Crippen molar-refractivity contribution in [1.29, 1.82) is 0 Å². The molecule has 8 heteroatoms. The summed E-state index contributed by atoms with van der Waals surface area (Å²) in [5.41, 5.74) is 3.69. The van der Waals surface area contributed by atoms with Gasteiger partial charge in [-0.1, -0.05) is 38.3 Å². The Balaban J connectivity index is 3.60. The van der Waals surface area contributed by atoms with E-state index in [1.807, 2.05) is 20.9 Å². The zero-order chi connectivity index (χ0) is 27.8. The van der Waals surface area contributed by atoms with Crippen LogP contribution in [0.2, 0.25) is 0 Å². The summed E-state index contributed by atoms with van der Waals surface area (Å²) < 4.78 is 66.5. The van der Waals surface area contributed by atoms with Crippen molar-refractivity contribution in [1.82, 2.24) is 4.90 Å². The fourth-order valence-electron chi connectivity index (χ4n) is 3.89. The maximum Gasteiger partial charge on any atom is 0.392 e. The molecule has 36 heavy (non-hydrogen) atoms. The molecule has 0 aliphatic carbocycles. The van der Waals surface area contributed by atoms with Gasteiger partial charge in [0.1, 0.15) is 0 Å². The molecular formula is C28H38F5N3. The number of benzene rings is 1. The van der Waals surface area contributed by atoms with Gasteiger partial charge in [0.25, 0.3) is 5.92 Å². The Morgan fingerprint density at radius 1 is 1.17 bits per heavy atom. The Kier molecular flexibility index (Phi) is 11.3. The monoisotopic (exact) mass is 511 g/mol. The molecule has 1 N–H and O–H groups in total. The van der Waals surface area contributed by atoms with Crippen LogP contribution in [0.25, 0.3) is 0 Å². The molecule has 0 spiro atoms. The van der Waals surface area contributed by atoms with E-state index in [0.717, 1.165) is 36.3 Å². The molecule has 0 amide bonds. The summed E-state index contributed by atoms with van der Waals surface area (Å²) in [6, 6.07) is 4.17. The highest BCUT2D eigenvalue weighted by atomic mass is 19.4. The second kappa shape index (κ2) is 13.0. The molecular weight excluding hydrogens is 473 g/mol. The van der Waals surface area contributed by atoms with E-state index in [-0.39, 0.29) is 18.2 Å². The Bertz CT molecular complexity index is 999. The van der Waals surface area contributed by atoms with Gasteiger partial charge in [0.05, 0.1) is 6.42 Å². The average Bonchev–Trinajstić information content (AvgIpc) is 2.75. The fourth-order valence-corrected chi connectivity index (χ4v) is 3.89. The average molecular weight is 512 g/mol. The van der Waals surface area contributed by atoms with Gasteiger partial charge in [0.2, 0.25) is 0 Å². The number of anilines is 1. The summed E-state index contributed by atoms with van der Waals surface area (Å²) in [6.45, 7) is 21.3. The Hall–Kier alpha value is -2.74. The number of rotatable bonds is 13. The highest BCUT2D eigenvalue weighted by molar-refractivity contribution is 5.64. The van der Waals surface area contributed by atoms with Gasteiger partial charge in [-0.25, -0.2) is 8.78 Å². The van der Waals surface area contributed by atoms with E-state index in [1.54, 1.807) is 0 Å². The highest BCUT2D eigenvalue weighted by Gasteiger charge is 2.28. The van der Waals surface area contributed by atoms with E-state index >= 15 is 0 Å². The van der Waals surface area contributed by atoms with Crippen LogP contribution in [0.1, 0.15) is 58.1 Å². The van der Waals surface area contributed by atoms with Crippen LogP contribution in [0.3, 0.4) is 0 Å². The van der Waals surface area contributed by atoms with E-state index in [9.17, 15) is 22.0 Å². The largest absolute Gasteiger partial charge is 0.392 e. The number of hydrogen-bond acceptors (Lipinski definition) is 3. The number of allylic oxidation sites excluding steroid dienone is 2. The quantitative estimate of drug-likeness (QED) is 0.125. The Labute approximate surface area is 212 Å². The maximum atomic E-state index is 14.2. The van der Waals surface area contributed by atoms with Gasteiger partial charge in [-0.3, -0.25) is 4.99 Å². The molecule has 1 rings (SSSR count). The number of halogens is 5. The smallest absolute Gasteiger partial charge is 0.355 e. The fraction of sp³-hybridized carbons (Fsp3) is 0.464. The van der Waals surface area contributed by atoms with Crippen LogP contribution in [-0.2, 0) is 5.92 Å². The molecule has 0 saturated carbocycles. The van der Waals surface area contributed by atoms with Gasteiger partial charge in [0, 0.05) is 47.9 Å². The van der Waals surface area contributed by atoms with E-state index in [1.165, 1.54) is 24.3 Å². The predicted molar refractivity (Wildman–Crippen MR) is 141 cm³/mol.